The number of hydrogen-bond donors (Lipinski definition) is 3. The highest BCUT2D eigenvalue weighted by atomic mass is 32.1. The van der Waals surface area contributed by atoms with Gasteiger partial charge in [0.2, 0.25) is 0 Å². The fraction of sp³-hybridized carbons (Fsp3) is 0.350. The Morgan fingerprint density at radius 2 is 1.86 bits per heavy atom. The first kappa shape index (κ1) is 22.8. The lowest BCUT2D eigenvalue weighted by Crippen LogP contribution is -2.34. The van der Waals surface area contributed by atoms with E-state index in [1.165, 1.54) is 11.3 Å². The highest BCUT2D eigenvalue weighted by molar-refractivity contribution is 7.80. The van der Waals surface area contributed by atoms with Gasteiger partial charge < -0.3 is 20.5 Å². The summed E-state index contributed by atoms with van der Waals surface area (Å²) in [5.41, 5.74) is 7.25. The number of thiocarbonyl (C=S) groups is 1. The van der Waals surface area contributed by atoms with Crippen molar-refractivity contribution in [1.82, 2.24) is 5.32 Å². The maximum Gasteiger partial charge on any atom is 0.257 e. The lowest BCUT2D eigenvalue weighted by molar-refractivity contribution is 0.0975. The third-order valence-corrected chi connectivity index (χ3v) is 5.35. The Morgan fingerprint density at radius 3 is 2.45 bits per heavy atom. The van der Waals surface area contributed by atoms with Gasteiger partial charge >= 0.3 is 0 Å². The summed E-state index contributed by atoms with van der Waals surface area (Å²) in [4.78, 5) is 25.2. The molecule has 0 saturated heterocycles. The number of benzene rings is 1. The summed E-state index contributed by atoms with van der Waals surface area (Å²) in [6, 6.07) is 6.71. The third kappa shape index (κ3) is 6.25. The summed E-state index contributed by atoms with van der Waals surface area (Å²) in [6.45, 7) is 7.38. The quantitative estimate of drug-likeness (QED) is 0.413. The fourth-order valence-corrected chi connectivity index (χ4v) is 4.14. The molecular formula is C20H25N3O4S2. The van der Waals surface area contributed by atoms with Crippen molar-refractivity contribution in [2.75, 3.05) is 25.1 Å². The van der Waals surface area contributed by atoms with Crippen molar-refractivity contribution < 1.29 is 19.1 Å². The summed E-state index contributed by atoms with van der Waals surface area (Å²) in [6.07, 6.45) is 0.681. The molecule has 7 nitrogen and oxygen atoms in total. The van der Waals surface area contributed by atoms with E-state index in [0.29, 0.717) is 48.1 Å². The molecular weight excluding hydrogens is 410 g/mol. The van der Waals surface area contributed by atoms with E-state index in [9.17, 15) is 9.59 Å². The highest BCUT2D eigenvalue weighted by Gasteiger charge is 2.20. The molecule has 1 aromatic heterocycles. The number of nitrogens with one attached hydrogen (secondary N) is 2. The summed E-state index contributed by atoms with van der Waals surface area (Å²) >= 11 is 6.61. The molecule has 0 aliphatic carbocycles. The fourth-order valence-electron chi connectivity index (χ4n) is 2.73. The molecule has 2 amide bonds. The van der Waals surface area contributed by atoms with E-state index in [4.69, 9.17) is 27.4 Å². The van der Waals surface area contributed by atoms with Crippen LogP contribution < -0.4 is 21.1 Å². The minimum atomic E-state index is -0.525. The van der Waals surface area contributed by atoms with Crippen molar-refractivity contribution in [3.05, 3.63) is 45.8 Å². The molecule has 0 aliphatic rings. The summed E-state index contributed by atoms with van der Waals surface area (Å²) in [5.74, 6) is -0.245. The van der Waals surface area contributed by atoms with Crippen molar-refractivity contribution in [3.63, 3.8) is 0 Å². The van der Waals surface area contributed by atoms with Crippen molar-refractivity contribution >= 4 is 45.5 Å². The SMILES string of the molecule is CCOCCOc1ccc(C(=O)NC(=S)Nc2sc(C)c(CC)c2C(N)=O)cc1. The maximum absolute atomic E-state index is 12.4. The summed E-state index contributed by atoms with van der Waals surface area (Å²) in [5, 5.41) is 6.16. The molecule has 156 valence electrons. The molecule has 0 fully saturated rings. The zero-order valence-electron chi connectivity index (χ0n) is 16.7. The van der Waals surface area contributed by atoms with E-state index in [-0.39, 0.29) is 11.0 Å². The average Bonchev–Trinajstić information content (AvgIpc) is 3.00. The largest absolute Gasteiger partial charge is 0.491 e. The first-order valence-corrected chi connectivity index (χ1v) is 10.4. The van der Waals surface area contributed by atoms with E-state index in [1.807, 2.05) is 20.8 Å². The number of ether oxygens (including phenoxy) is 2. The first-order valence-electron chi connectivity index (χ1n) is 9.22. The van der Waals surface area contributed by atoms with Crippen LogP contribution in [0.25, 0.3) is 0 Å². The van der Waals surface area contributed by atoms with E-state index in [2.05, 4.69) is 10.6 Å². The predicted molar refractivity (Wildman–Crippen MR) is 119 cm³/mol. The van der Waals surface area contributed by atoms with E-state index < -0.39 is 5.91 Å². The van der Waals surface area contributed by atoms with Crippen molar-refractivity contribution in [3.8, 4) is 5.75 Å². The normalized spacial score (nSPS) is 10.4. The van der Waals surface area contributed by atoms with Crippen LogP contribution >= 0.6 is 23.6 Å². The van der Waals surface area contributed by atoms with Crippen LogP contribution in [-0.2, 0) is 11.2 Å². The Hall–Kier alpha value is -2.49. The number of primary amides is 1. The molecule has 0 atom stereocenters. The van der Waals surface area contributed by atoms with Crippen LogP contribution in [0.1, 0.15) is 45.0 Å². The number of carbonyl (C=O) groups excluding carboxylic acids is 2. The second-order valence-corrected chi connectivity index (χ2v) is 7.67. The molecule has 0 aliphatic heterocycles. The van der Waals surface area contributed by atoms with E-state index >= 15 is 0 Å². The van der Waals surface area contributed by atoms with Crippen molar-refractivity contribution in [2.45, 2.75) is 27.2 Å². The molecule has 0 unspecified atom stereocenters. The van der Waals surface area contributed by atoms with Gasteiger partial charge in [-0.2, -0.15) is 0 Å². The van der Waals surface area contributed by atoms with Crippen molar-refractivity contribution in [1.29, 1.82) is 0 Å². The molecule has 2 aromatic rings. The van der Waals surface area contributed by atoms with Gasteiger partial charge in [-0.1, -0.05) is 6.92 Å². The molecule has 4 N–H and O–H groups in total. The first-order chi connectivity index (χ1) is 13.9. The van der Waals surface area contributed by atoms with Gasteiger partial charge in [-0.3, -0.25) is 14.9 Å². The van der Waals surface area contributed by atoms with Crippen LogP contribution in [0.4, 0.5) is 5.00 Å². The van der Waals surface area contributed by atoms with Gasteiger partial charge in [-0.25, -0.2) is 0 Å². The number of anilines is 1. The molecule has 29 heavy (non-hydrogen) atoms. The average molecular weight is 436 g/mol. The summed E-state index contributed by atoms with van der Waals surface area (Å²) < 4.78 is 10.7. The smallest absolute Gasteiger partial charge is 0.257 e. The zero-order chi connectivity index (χ0) is 21.4. The number of aryl methyl sites for hydroxylation is 1. The number of rotatable bonds is 9. The number of carbonyl (C=O) groups is 2. The Labute approximate surface area is 179 Å². The van der Waals surface area contributed by atoms with Gasteiger partial charge in [0, 0.05) is 17.0 Å². The summed E-state index contributed by atoms with van der Waals surface area (Å²) in [7, 11) is 0. The number of thiophene rings is 1. The molecule has 0 bridgehead atoms. The van der Waals surface area contributed by atoms with Crippen LogP contribution in [0.5, 0.6) is 5.75 Å². The zero-order valence-corrected chi connectivity index (χ0v) is 18.3. The van der Waals surface area contributed by atoms with E-state index in [1.54, 1.807) is 24.3 Å². The van der Waals surface area contributed by atoms with Gasteiger partial charge in [0.1, 0.15) is 17.4 Å². The monoisotopic (exact) mass is 435 g/mol. The Bertz CT molecular complexity index is 879. The van der Waals surface area contributed by atoms with Gasteiger partial charge in [-0.05, 0) is 62.3 Å². The molecule has 0 spiro atoms. The maximum atomic E-state index is 12.4. The molecule has 0 saturated carbocycles. The number of amides is 2. The molecule has 9 heteroatoms. The topological polar surface area (TPSA) is 103 Å². The Kier molecular flexibility index (Phi) is 8.56. The van der Waals surface area contributed by atoms with Crippen LogP contribution in [0, 0.1) is 6.92 Å². The van der Waals surface area contributed by atoms with Crippen molar-refractivity contribution in [2.24, 2.45) is 5.73 Å². The van der Waals surface area contributed by atoms with Gasteiger partial charge in [-0.15, -0.1) is 11.3 Å². The molecule has 0 radical (unpaired) electrons. The molecule has 2 rings (SSSR count). The molecule has 1 heterocycles. The second-order valence-electron chi connectivity index (χ2n) is 6.04. The predicted octanol–water partition coefficient (Wildman–Crippen LogP) is 3.26. The van der Waals surface area contributed by atoms with Gasteiger partial charge in [0.25, 0.3) is 11.8 Å². The van der Waals surface area contributed by atoms with Crippen LogP contribution in [0.3, 0.4) is 0 Å². The second kappa shape index (κ2) is 10.9. The Morgan fingerprint density at radius 1 is 1.17 bits per heavy atom. The van der Waals surface area contributed by atoms with Crippen LogP contribution in [0.15, 0.2) is 24.3 Å². The number of nitrogens with two attached hydrogens (primary N) is 1. The van der Waals surface area contributed by atoms with Gasteiger partial charge in [0.15, 0.2) is 5.11 Å². The lowest BCUT2D eigenvalue weighted by Gasteiger charge is -2.10. The minimum absolute atomic E-state index is 0.0958. The molecule has 1 aromatic carbocycles. The standard InChI is InChI=1S/C20H25N3O4S2/c1-4-15-12(3)29-19(16(15)17(21)24)23-20(28)22-18(25)13-6-8-14(9-7-13)27-11-10-26-5-2/h6-9H,4-5,10-11H2,1-3H3,(H2,21,24)(H2,22,23,25,28). The third-order valence-electron chi connectivity index (χ3n) is 4.08. The minimum Gasteiger partial charge on any atom is -0.491 e. The lowest BCUT2D eigenvalue weighted by atomic mass is 10.1. The number of hydrogen-bond acceptors (Lipinski definition) is 6. The van der Waals surface area contributed by atoms with E-state index in [0.717, 1.165) is 10.4 Å². The highest BCUT2D eigenvalue weighted by Crippen LogP contribution is 2.33. The van der Waals surface area contributed by atoms with Gasteiger partial charge in [0.05, 0.1) is 12.2 Å². The van der Waals surface area contributed by atoms with Crippen LogP contribution in [-0.4, -0.2) is 36.7 Å². The Balaban J connectivity index is 1.97. The van der Waals surface area contributed by atoms with Crippen LogP contribution in [0.2, 0.25) is 0 Å².